The minimum Gasteiger partial charge on any atom is -0.356 e. The molecule has 1 saturated carbocycles. The van der Waals surface area contributed by atoms with Crippen LogP contribution in [0.2, 0.25) is 0 Å². The molecule has 1 saturated heterocycles. The lowest BCUT2D eigenvalue weighted by molar-refractivity contribution is 0.323. The lowest BCUT2D eigenvalue weighted by atomic mass is 9.65. The van der Waals surface area contributed by atoms with Gasteiger partial charge in [0.05, 0.1) is 11.5 Å². The highest BCUT2D eigenvalue weighted by Gasteiger charge is 2.41. The first-order valence-electron chi connectivity index (χ1n) is 6.47. The Bertz CT molecular complexity index is 451. The van der Waals surface area contributed by atoms with Gasteiger partial charge in [-0.05, 0) is 38.2 Å². The van der Waals surface area contributed by atoms with Gasteiger partial charge in [-0.2, -0.15) is 5.26 Å². The summed E-state index contributed by atoms with van der Waals surface area (Å²) in [7, 11) is 0. The molecule has 2 fully saturated rings. The summed E-state index contributed by atoms with van der Waals surface area (Å²) in [6.45, 7) is 2.18. The van der Waals surface area contributed by atoms with E-state index in [-0.39, 0.29) is 5.41 Å². The molecule has 1 aromatic heterocycles. The normalized spacial score (nSPS) is 21.9. The van der Waals surface area contributed by atoms with Crippen molar-refractivity contribution >= 4 is 5.82 Å². The Labute approximate surface area is 102 Å². The van der Waals surface area contributed by atoms with Crippen molar-refractivity contribution in [3.05, 3.63) is 23.9 Å². The Kier molecular flexibility index (Phi) is 2.51. The molecule has 0 bridgehead atoms. The second-order valence-corrected chi connectivity index (χ2v) is 5.12. The quantitative estimate of drug-likeness (QED) is 0.779. The van der Waals surface area contributed by atoms with Crippen molar-refractivity contribution in [2.24, 2.45) is 0 Å². The molecule has 0 unspecified atom stereocenters. The summed E-state index contributed by atoms with van der Waals surface area (Å²) < 4.78 is 0. The number of hydrogen-bond donors (Lipinski definition) is 0. The average molecular weight is 227 g/mol. The molecule has 0 atom stereocenters. The SMILES string of the molecule is N#CC1(c2cccnc2N2CCCC2)CCC1. The molecular weight excluding hydrogens is 210 g/mol. The fourth-order valence-electron chi connectivity index (χ4n) is 2.92. The van der Waals surface area contributed by atoms with Gasteiger partial charge in [0.1, 0.15) is 5.82 Å². The van der Waals surface area contributed by atoms with E-state index in [1.54, 1.807) is 0 Å². The predicted molar refractivity (Wildman–Crippen MR) is 66.8 cm³/mol. The topological polar surface area (TPSA) is 39.9 Å². The van der Waals surface area contributed by atoms with E-state index in [2.05, 4.69) is 22.0 Å². The Morgan fingerprint density at radius 2 is 2.00 bits per heavy atom. The molecule has 0 N–H and O–H groups in total. The molecule has 3 heteroatoms. The van der Waals surface area contributed by atoms with Crippen LogP contribution in [-0.4, -0.2) is 18.1 Å². The van der Waals surface area contributed by atoms with Crippen LogP contribution in [0.5, 0.6) is 0 Å². The van der Waals surface area contributed by atoms with E-state index in [0.717, 1.165) is 37.3 Å². The van der Waals surface area contributed by atoms with Gasteiger partial charge in [0.25, 0.3) is 0 Å². The Morgan fingerprint density at radius 1 is 1.24 bits per heavy atom. The highest BCUT2D eigenvalue weighted by atomic mass is 15.2. The maximum absolute atomic E-state index is 9.46. The fraction of sp³-hybridized carbons (Fsp3) is 0.571. The summed E-state index contributed by atoms with van der Waals surface area (Å²) in [5, 5.41) is 9.46. The maximum atomic E-state index is 9.46. The van der Waals surface area contributed by atoms with Gasteiger partial charge in [-0.15, -0.1) is 0 Å². The van der Waals surface area contributed by atoms with Gasteiger partial charge in [-0.1, -0.05) is 6.07 Å². The first kappa shape index (κ1) is 10.6. The molecule has 2 aliphatic rings. The van der Waals surface area contributed by atoms with Crippen LogP contribution in [0.1, 0.15) is 37.7 Å². The first-order chi connectivity index (χ1) is 8.36. The van der Waals surface area contributed by atoms with E-state index in [1.165, 1.54) is 19.3 Å². The van der Waals surface area contributed by atoms with Crippen molar-refractivity contribution < 1.29 is 0 Å². The highest BCUT2D eigenvalue weighted by molar-refractivity contribution is 5.54. The fourth-order valence-corrected chi connectivity index (χ4v) is 2.92. The largest absolute Gasteiger partial charge is 0.356 e. The van der Waals surface area contributed by atoms with E-state index < -0.39 is 0 Å². The van der Waals surface area contributed by atoms with Gasteiger partial charge in [-0.3, -0.25) is 0 Å². The molecule has 3 rings (SSSR count). The van der Waals surface area contributed by atoms with E-state index in [1.807, 2.05) is 12.3 Å². The number of hydrogen-bond acceptors (Lipinski definition) is 3. The zero-order chi connectivity index (χ0) is 11.7. The zero-order valence-corrected chi connectivity index (χ0v) is 10.0. The summed E-state index contributed by atoms with van der Waals surface area (Å²) in [5.41, 5.74) is 0.919. The predicted octanol–water partition coefficient (Wildman–Crippen LogP) is 2.63. The smallest absolute Gasteiger partial charge is 0.133 e. The molecule has 3 nitrogen and oxygen atoms in total. The van der Waals surface area contributed by atoms with E-state index in [4.69, 9.17) is 0 Å². The highest BCUT2D eigenvalue weighted by Crippen LogP contribution is 2.46. The number of nitriles is 1. The van der Waals surface area contributed by atoms with Gasteiger partial charge in [0.15, 0.2) is 0 Å². The Morgan fingerprint density at radius 3 is 2.59 bits per heavy atom. The number of anilines is 1. The van der Waals surface area contributed by atoms with Crippen LogP contribution in [0.25, 0.3) is 0 Å². The third-order valence-electron chi connectivity index (χ3n) is 4.13. The van der Waals surface area contributed by atoms with Crippen LogP contribution in [0.4, 0.5) is 5.82 Å². The van der Waals surface area contributed by atoms with Crippen molar-refractivity contribution in [3.8, 4) is 6.07 Å². The summed E-state index contributed by atoms with van der Waals surface area (Å²) in [6, 6.07) is 6.59. The van der Waals surface area contributed by atoms with Crippen LogP contribution in [-0.2, 0) is 5.41 Å². The molecule has 1 aliphatic heterocycles. The van der Waals surface area contributed by atoms with Crippen molar-refractivity contribution in [1.29, 1.82) is 5.26 Å². The summed E-state index contributed by atoms with van der Waals surface area (Å²) in [5.74, 6) is 1.06. The number of pyridine rings is 1. The van der Waals surface area contributed by atoms with Gasteiger partial charge < -0.3 is 4.90 Å². The molecule has 1 aromatic rings. The lowest BCUT2D eigenvalue weighted by Gasteiger charge is -2.37. The zero-order valence-electron chi connectivity index (χ0n) is 10.0. The third-order valence-corrected chi connectivity index (χ3v) is 4.13. The van der Waals surface area contributed by atoms with Crippen molar-refractivity contribution in [1.82, 2.24) is 4.98 Å². The Balaban J connectivity index is 2.01. The van der Waals surface area contributed by atoms with E-state index >= 15 is 0 Å². The molecular formula is C14H17N3. The summed E-state index contributed by atoms with van der Waals surface area (Å²) in [6.07, 6.45) is 7.50. The van der Waals surface area contributed by atoms with Gasteiger partial charge in [-0.25, -0.2) is 4.98 Å². The van der Waals surface area contributed by atoms with Crippen LogP contribution in [0.3, 0.4) is 0 Å². The monoisotopic (exact) mass is 227 g/mol. The van der Waals surface area contributed by atoms with Crippen molar-refractivity contribution in [2.45, 2.75) is 37.5 Å². The second kappa shape index (κ2) is 4.03. The third kappa shape index (κ3) is 1.59. The minimum atomic E-state index is -0.244. The molecule has 0 amide bonds. The van der Waals surface area contributed by atoms with Gasteiger partial charge in [0, 0.05) is 24.8 Å². The minimum absolute atomic E-state index is 0.244. The number of nitrogens with zero attached hydrogens (tertiary/aromatic N) is 3. The average Bonchev–Trinajstić information content (AvgIpc) is 2.82. The molecule has 88 valence electrons. The summed E-state index contributed by atoms with van der Waals surface area (Å²) in [4.78, 5) is 6.87. The molecule has 1 aliphatic carbocycles. The molecule has 2 heterocycles. The van der Waals surface area contributed by atoms with E-state index in [0.29, 0.717) is 0 Å². The molecule has 0 aromatic carbocycles. The van der Waals surface area contributed by atoms with Crippen LogP contribution >= 0.6 is 0 Å². The summed E-state index contributed by atoms with van der Waals surface area (Å²) >= 11 is 0. The van der Waals surface area contributed by atoms with Gasteiger partial charge in [0.2, 0.25) is 0 Å². The van der Waals surface area contributed by atoms with Gasteiger partial charge >= 0.3 is 0 Å². The second-order valence-electron chi connectivity index (χ2n) is 5.12. The lowest BCUT2D eigenvalue weighted by Crippen LogP contribution is -2.35. The Hall–Kier alpha value is -1.56. The first-order valence-corrected chi connectivity index (χ1v) is 6.47. The van der Waals surface area contributed by atoms with Crippen molar-refractivity contribution in [3.63, 3.8) is 0 Å². The number of aromatic nitrogens is 1. The van der Waals surface area contributed by atoms with Crippen LogP contribution in [0, 0.1) is 11.3 Å². The maximum Gasteiger partial charge on any atom is 0.133 e. The van der Waals surface area contributed by atoms with Crippen molar-refractivity contribution in [2.75, 3.05) is 18.0 Å². The molecule has 0 radical (unpaired) electrons. The standard InChI is InChI=1S/C14H17N3/c15-11-14(6-4-7-14)12-5-3-8-16-13(12)17-9-1-2-10-17/h3,5,8H,1-2,4,6-7,9-10H2. The molecule has 0 spiro atoms. The van der Waals surface area contributed by atoms with E-state index in [9.17, 15) is 5.26 Å². The molecule has 17 heavy (non-hydrogen) atoms. The van der Waals surface area contributed by atoms with Crippen LogP contribution < -0.4 is 4.90 Å². The van der Waals surface area contributed by atoms with Crippen LogP contribution in [0.15, 0.2) is 18.3 Å². The number of rotatable bonds is 2.